The van der Waals surface area contributed by atoms with Crippen LogP contribution < -0.4 is 16.2 Å². The van der Waals surface area contributed by atoms with Crippen LogP contribution in [0.15, 0.2) is 0 Å². The van der Waals surface area contributed by atoms with Crippen LogP contribution in [0, 0.1) is 5.92 Å². The van der Waals surface area contributed by atoms with Crippen molar-refractivity contribution in [3.8, 4) is 0 Å². The highest BCUT2D eigenvalue weighted by molar-refractivity contribution is 6.05. The Morgan fingerprint density at radius 1 is 1.38 bits per heavy atom. The van der Waals surface area contributed by atoms with Crippen molar-refractivity contribution in [2.24, 2.45) is 5.92 Å². The van der Waals surface area contributed by atoms with Crippen molar-refractivity contribution in [1.82, 2.24) is 16.2 Å². The molecular weight excluding hydrogens is 210 g/mol. The highest BCUT2D eigenvalue weighted by Crippen LogP contribution is 2.10. The monoisotopic (exact) mass is 227 g/mol. The van der Waals surface area contributed by atoms with Crippen LogP contribution in [0.1, 0.15) is 33.1 Å². The molecule has 90 valence electrons. The van der Waals surface area contributed by atoms with E-state index < -0.39 is 5.92 Å². The highest BCUT2D eigenvalue weighted by Gasteiger charge is 2.32. The number of carbonyl (C=O) groups excluding carboxylic acids is 3. The van der Waals surface area contributed by atoms with Gasteiger partial charge in [0.25, 0.3) is 11.8 Å². The summed E-state index contributed by atoms with van der Waals surface area (Å²) < 4.78 is 0. The molecule has 0 aromatic rings. The molecule has 1 unspecified atom stereocenters. The van der Waals surface area contributed by atoms with E-state index in [1.807, 2.05) is 13.8 Å². The topological polar surface area (TPSA) is 87.3 Å². The van der Waals surface area contributed by atoms with Crippen LogP contribution in [0.4, 0.5) is 0 Å². The molecule has 1 rings (SSSR count). The van der Waals surface area contributed by atoms with E-state index in [4.69, 9.17) is 0 Å². The second-order valence-corrected chi connectivity index (χ2v) is 3.95. The molecule has 1 aliphatic rings. The van der Waals surface area contributed by atoms with Crippen molar-refractivity contribution in [1.29, 1.82) is 0 Å². The van der Waals surface area contributed by atoms with Crippen LogP contribution in [-0.2, 0) is 14.4 Å². The number of hydrazine groups is 1. The first kappa shape index (κ1) is 12.5. The average molecular weight is 227 g/mol. The molecule has 1 aliphatic heterocycles. The van der Waals surface area contributed by atoms with Crippen molar-refractivity contribution >= 4 is 17.7 Å². The van der Waals surface area contributed by atoms with E-state index in [1.165, 1.54) is 0 Å². The maximum Gasteiger partial charge on any atom is 0.251 e. The molecule has 1 atom stereocenters. The molecule has 16 heavy (non-hydrogen) atoms. The van der Waals surface area contributed by atoms with Crippen molar-refractivity contribution in [2.75, 3.05) is 0 Å². The van der Waals surface area contributed by atoms with E-state index in [2.05, 4.69) is 16.2 Å². The largest absolute Gasteiger partial charge is 0.354 e. The van der Waals surface area contributed by atoms with Gasteiger partial charge in [0.2, 0.25) is 5.91 Å². The third-order valence-corrected chi connectivity index (χ3v) is 2.62. The van der Waals surface area contributed by atoms with Gasteiger partial charge in [0.05, 0.1) is 0 Å². The zero-order chi connectivity index (χ0) is 12.1. The van der Waals surface area contributed by atoms with E-state index in [0.717, 1.165) is 6.42 Å². The van der Waals surface area contributed by atoms with E-state index >= 15 is 0 Å². The van der Waals surface area contributed by atoms with Gasteiger partial charge in [-0.3, -0.25) is 25.2 Å². The second-order valence-electron chi connectivity index (χ2n) is 3.95. The van der Waals surface area contributed by atoms with E-state index in [-0.39, 0.29) is 36.6 Å². The third-order valence-electron chi connectivity index (χ3n) is 2.62. The Hall–Kier alpha value is -1.59. The Morgan fingerprint density at radius 2 is 1.94 bits per heavy atom. The van der Waals surface area contributed by atoms with Crippen LogP contribution in [0.5, 0.6) is 0 Å². The van der Waals surface area contributed by atoms with Crippen molar-refractivity contribution in [2.45, 2.75) is 39.2 Å². The molecule has 0 spiro atoms. The van der Waals surface area contributed by atoms with Crippen LogP contribution in [0.3, 0.4) is 0 Å². The first-order valence-corrected chi connectivity index (χ1v) is 5.43. The standard InChI is InChI=1S/C10H17N3O3/c1-3-6(2)11-8(14)5-4-7-9(15)12-13-10(7)16/h6-7H,3-5H2,1-2H3,(H,11,14)(H,12,15)(H,13,16). The van der Waals surface area contributed by atoms with Gasteiger partial charge >= 0.3 is 0 Å². The van der Waals surface area contributed by atoms with Gasteiger partial charge in [0.1, 0.15) is 5.92 Å². The van der Waals surface area contributed by atoms with Gasteiger partial charge < -0.3 is 5.32 Å². The lowest BCUT2D eigenvalue weighted by Crippen LogP contribution is -2.32. The molecular formula is C10H17N3O3. The average Bonchev–Trinajstić information content (AvgIpc) is 2.56. The molecule has 1 heterocycles. The summed E-state index contributed by atoms with van der Waals surface area (Å²) in [5.74, 6) is -1.58. The number of amides is 3. The van der Waals surface area contributed by atoms with Crippen LogP contribution in [0.25, 0.3) is 0 Å². The quantitative estimate of drug-likeness (QED) is 0.551. The molecule has 0 aliphatic carbocycles. The van der Waals surface area contributed by atoms with Crippen molar-refractivity contribution in [3.63, 3.8) is 0 Å². The summed E-state index contributed by atoms with van der Waals surface area (Å²) in [6.07, 6.45) is 1.30. The summed E-state index contributed by atoms with van der Waals surface area (Å²) in [6.45, 7) is 3.88. The summed E-state index contributed by atoms with van der Waals surface area (Å²) in [6, 6.07) is 0.124. The molecule has 3 N–H and O–H groups in total. The SMILES string of the molecule is CCC(C)NC(=O)CCC1C(=O)NNC1=O. The maximum atomic E-state index is 11.4. The Labute approximate surface area is 94.1 Å². The molecule has 1 fully saturated rings. The molecule has 6 nitrogen and oxygen atoms in total. The number of nitrogens with one attached hydrogen (secondary N) is 3. The molecule has 3 amide bonds. The third kappa shape index (κ3) is 3.22. The first-order chi connectivity index (χ1) is 7.54. The molecule has 0 aromatic carbocycles. The van der Waals surface area contributed by atoms with Gasteiger partial charge in [0, 0.05) is 12.5 Å². The Balaban J connectivity index is 2.31. The molecule has 0 saturated carbocycles. The van der Waals surface area contributed by atoms with Crippen LogP contribution in [-0.4, -0.2) is 23.8 Å². The molecule has 0 radical (unpaired) electrons. The van der Waals surface area contributed by atoms with E-state index in [9.17, 15) is 14.4 Å². The summed E-state index contributed by atoms with van der Waals surface area (Å²) in [5, 5.41) is 2.78. The fourth-order valence-corrected chi connectivity index (χ4v) is 1.40. The zero-order valence-corrected chi connectivity index (χ0v) is 9.50. The number of hydrogen-bond donors (Lipinski definition) is 3. The van der Waals surface area contributed by atoms with Gasteiger partial charge in [0.15, 0.2) is 0 Å². The minimum Gasteiger partial charge on any atom is -0.354 e. The van der Waals surface area contributed by atoms with Gasteiger partial charge in [-0.2, -0.15) is 0 Å². The second kappa shape index (κ2) is 5.48. The van der Waals surface area contributed by atoms with Crippen molar-refractivity contribution in [3.05, 3.63) is 0 Å². The van der Waals surface area contributed by atoms with Gasteiger partial charge in [-0.05, 0) is 19.8 Å². The maximum absolute atomic E-state index is 11.4. The van der Waals surface area contributed by atoms with E-state index in [0.29, 0.717) is 0 Å². The minimum atomic E-state index is -0.734. The lowest BCUT2D eigenvalue weighted by Gasteiger charge is -2.11. The molecule has 6 heteroatoms. The van der Waals surface area contributed by atoms with Gasteiger partial charge in [-0.25, -0.2) is 0 Å². The number of hydrogen-bond acceptors (Lipinski definition) is 3. The Bertz CT molecular complexity index is 288. The van der Waals surface area contributed by atoms with Crippen molar-refractivity contribution < 1.29 is 14.4 Å². The molecule has 0 aromatic heterocycles. The smallest absolute Gasteiger partial charge is 0.251 e. The minimum absolute atomic E-state index is 0.123. The predicted molar refractivity (Wildman–Crippen MR) is 56.9 cm³/mol. The predicted octanol–water partition coefficient (Wildman–Crippen LogP) is -0.541. The Kier molecular flexibility index (Phi) is 4.28. The number of rotatable bonds is 5. The first-order valence-electron chi connectivity index (χ1n) is 5.43. The lowest BCUT2D eigenvalue weighted by atomic mass is 10.0. The highest BCUT2D eigenvalue weighted by atomic mass is 16.2. The van der Waals surface area contributed by atoms with E-state index in [1.54, 1.807) is 0 Å². The summed E-state index contributed by atoms with van der Waals surface area (Å²) in [5.41, 5.74) is 4.45. The summed E-state index contributed by atoms with van der Waals surface area (Å²) in [4.78, 5) is 33.7. The molecule has 1 saturated heterocycles. The normalized spacial score (nSPS) is 17.9. The van der Waals surface area contributed by atoms with Gasteiger partial charge in [-0.1, -0.05) is 6.92 Å². The molecule has 0 bridgehead atoms. The Morgan fingerprint density at radius 3 is 2.44 bits per heavy atom. The fourth-order valence-electron chi connectivity index (χ4n) is 1.40. The lowest BCUT2D eigenvalue weighted by molar-refractivity contribution is -0.128. The zero-order valence-electron chi connectivity index (χ0n) is 9.50. The number of carbonyl (C=O) groups is 3. The van der Waals surface area contributed by atoms with Gasteiger partial charge in [-0.15, -0.1) is 0 Å². The summed E-state index contributed by atoms with van der Waals surface area (Å²) in [7, 11) is 0. The fraction of sp³-hybridized carbons (Fsp3) is 0.700. The van der Waals surface area contributed by atoms with Crippen LogP contribution >= 0.6 is 0 Å². The van der Waals surface area contributed by atoms with Crippen LogP contribution in [0.2, 0.25) is 0 Å². The summed E-state index contributed by atoms with van der Waals surface area (Å²) >= 11 is 0.